The summed E-state index contributed by atoms with van der Waals surface area (Å²) in [6.45, 7) is 1.73. The van der Waals surface area contributed by atoms with Crippen molar-refractivity contribution in [3.05, 3.63) is 39.9 Å². The number of methoxy groups -OCH3 is 1. The zero-order chi connectivity index (χ0) is 16.2. The average Bonchev–Trinajstić information content (AvgIpc) is 2.59. The molecule has 0 unspecified atom stereocenters. The zero-order valence-corrected chi connectivity index (χ0v) is 13.4. The summed E-state index contributed by atoms with van der Waals surface area (Å²) in [6.07, 6.45) is 1.03. The molecule has 7 nitrogen and oxygen atoms in total. The second kappa shape index (κ2) is 6.82. The van der Waals surface area contributed by atoms with E-state index in [0.717, 1.165) is 24.7 Å². The standard InChI is InChI=1S/C15H16N4O3S/c1-22-14(21)9-3-4-10-11(7-9)18-12(19-13(10)20)8-23-15-16-5-2-6-17-15/h3-4,7H,2,5-6,8H2,1H3,(H,16,17)(H,18,19,20). The van der Waals surface area contributed by atoms with Gasteiger partial charge in [-0.1, -0.05) is 11.8 Å². The number of aromatic nitrogens is 2. The summed E-state index contributed by atoms with van der Waals surface area (Å²) in [5, 5.41) is 4.51. The van der Waals surface area contributed by atoms with Crippen molar-refractivity contribution in [1.82, 2.24) is 15.3 Å². The second-order valence-electron chi connectivity index (χ2n) is 4.99. The van der Waals surface area contributed by atoms with Crippen molar-refractivity contribution in [2.45, 2.75) is 12.2 Å². The molecule has 1 aliphatic heterocycles. The predicted molar refractivity (Wildman–Crippen MR) is 89.9 cm³/mol. The third-order valence-corrected chi connectivity index (χ3v) is 4.35. The largest absolute Gasteiger partial charge is 0.465 e. The van der Waals surface area contributed by atoms with E-state index in [2.05, 4.69) is 20.3 Å². The first-order valence-electron chi connectivity index (χ1n) is 7.20. The van der Waals surface area contributed by atoms with Crippen LogP contribution in [0.4, 0.5) is 0 Å². The number of H-pyrrole nitrogens is 1. The number of thioether (sulfide) groups is 1. The Bertz CT molecular complexity index is 831. The number of esters is 1. The highest BCUT2D eigenvalue weighted by molar-refractivity contribution is 8.13. The molecule has 0 fully saturated rings. The van der Waals surface area contributed by atoms with Crippen LogP contribution in [0.5, 0.6) is 0 Å². The van der Waals surface area contributed by atoms with Gasteiger partial charge in [0.15, 0.2) is 5.17 Å². The van der Waals surface area contributed by atoms with E-state index in [0.29, 0.717) is 28.0 Å². The highest BCUT2D eigenvalue weighted by atomic mass is 32.2. The van der Waals surface area contributed by atoms with E-state index in [9.17, 15) is 9.59 Å². The molecule has 1 aromatic heterocycles. The normalized spacial score (nSPS) is 14.2. The second-order valence-corrected chi connectivity index (χ2v) is 5.96. The SMILES string of the molecule is COC(=O)c1ccc2c(=O)[nH]c(CSC3=NCCCN3)nc2c1. The fraction of sp³-hybridized carbons (Fsp3) is 0.333. The number of nitrogens with one attached hydrogen (secondary N) is 2. The van der Waals surface area contributed by atoms with E-state index in [1.165, 1.54) is 18.9 Å². The van der Waals surface area contributed by atoms with Crippen molar-refractivity contribution >= 4 is 33.8 Å². The smallest absolute Gasteiger partial charge is 0.337 e. The minimum absolute atomic E-state index is 0.222. The van der Waals surface area contributed by atoms with Gasteiger partial charge < -0.3 is 15.0 Å². The van der Waals surface area contributed by atoms with Gasteiger partial charge in [-0.15, -0.1) is 0 Å². The van der Waals surface area contributed by atoms with Gasteiger partial charge in [0.1, 0.15) is 5.82 Å². The molecule has 3 rings (SSSR count). The first-order chi connectivity index (χ1) is 11.2. The van der Waals surface area contributed by atoms with Crippen LogP contribution < -0.4 is 10.9 Å². The maximum atomic E-state index is 12.1. The summed E-state index contributed by atoms with van der Waals surface area (Å²) < 4.78 is 4.69. The lowest BCUT2D eigenvalue weighted by Crippen LogP contribution is -2.27. The Morgan fingerprint density at radius 3 is 3.04 bits per heavy atom. The van der Waals surface area contributed by atoms with Crippen LogP contribution in [0.25, 0.3) is 10.9 Å². The van der Waals surface area contributed by atoms with Crippen LogP contribution in [0.3, 0.4) is 0 Å². The van der Waals surface area contributed by atoms with Crippen LogP contribution >= 0.6 is 11.8 Å². The lowest BCUT2D eigenvalue weighted by molar-refractivity contribution is 0.0601. The number of fused-ring (bicyclic) bond motifs is 1. The number of benzene rings is 1. The Balaban J connectivity index is 1.87. The Hall–Kier alpha value is -2.35. The summed E-state index contributed by atoms with van der Waals surface area (Å²) in [7, 11) is 1.32. The van der Waals surface area contributed by atoms with Gasteiger partial charge in [0.25, 0.3) is 5.56 Å². The van der Waals surface area contributed by atoms with E-state index in [-0.39, 0.29) is 5.56 Å². The molecule has 8 heteroatoms. The molecule has 2 heterocycles. The lowest BCUT2D eigenvalue weighted by atomic mass is 10.1. The van der Waals surface area contributed by atoms with Gasteiger partial charge in [0.05, 0.1) is 29.3 Å². The Morgan fingerprint density at radius 1 is 1.43 bits per heavy atom. The number of aliphatic imine (C=N–C) groups is 1. The molecule has 0 bridgehead atoms. The third-order valence-electron chi connectivity index (χ3n) is 3.39. The van der Waals surface area contributed by atoms with Gasteiger partial charge in [-0.05, 0) is 24.6 Å². The lowest BCUT2D eigenvalue weighted by Gasteiger charge is -2.13. The topological polar surface area (TPSA) is 96.4 Å². The molecule has 23 heavy (non-hydrogen) atoms. The van der Waals surface area contributed by atoms with Crippen LogP contribution in [0.2, 0.25) is 0 Å². The maximum absolute atomic E-state index is 12.1. The number of carbonyl (C=O) groups excluding carboxylic acids is 1. The molecule has 0 spiro atoms. The molecular formula is C15H16N4O3S. The first-order valence-corrected chi connectivity index (χ1v) is 8.18. The molecule has 0 saturated carbocycles. The quantitative estimate of drug-likeness (QED) is 0.822. The van der Waals surface area contributed by atoms with E-state index >= 15 is 0 Å². The number of hydrogen-bond donors (Lipinski definition) is 2. The van der Waals surface area contributed by atoms with Crippen molar-refractivity contribution in [2.75, 3.05) is 20.2 Å². The maximum Gasteiger partial charge on any atom is 0.337 e. The van der Waals surface area contributed by atoms with Gasteiger partial charge in [-0.3, -0.25) is 9.79 Å². The van der Waals surface area contributed by atoms with E-state index < -0.39 is 5.97 Å². The van der Waals surface area contributed by atoms with Crippen molar-refractivity contribution < 1.29 is 9.53 Å². The number of aromatic amines is 1. The number of amidine groups is 1. The minimum atomic E-state index is -0.453. The third kappa shape index (κ3) is 3.53. The van der Waals surface area contributed by atoms with E-state index in [1.807, 2.05) is 0 Å². The van der Waals surface area contributed by atoms with Crippen LogP contribution in [-0.4, -0.2) is 41.3 Å². The molecule has 0 aliphatic carbocycles. The van der Waals surface area contributed by atoms with Gasteiger partial charge >= 0.3 is 5.97 Å². The molecular weight excluding hydrogens is 316 g/mol. The summed E-state index contributed by atoms with van der Waals surface area (Å²) in [6, 6.07) is 4.71. The van der Waals surface area contributed by atoms with E-state index in [4.69, 9.17) is 4.74 Å². The molecule has 0 atom stereocenters. The molecule has 0 radical (unpaired) electrons. The van der Waals surface area contributed by atoms with Gasteiger partial charge in [-0.25, -0.2) is 9.78 Å². The van der Waals surface area contributed by atoms with Crippen molar-refractivity contribution in [2.24, 2.45) is 4.99 Å². The van der Waals surface area contributed by atoms with Crippen molar-refractivity contribution in [3.63, 3.8) is 0 Å². The zero-order valence-electron chi connectivity index (χ0n) is 12.6. The van der Waals surface area contributed by atoms with Crippen molar-refractivity contribution in [3.8, 4) is 0 Å². The Kier molecular flexibility index (Phi) is 4.61. The minimum Gasteiger partial charge on any atom is -0.465 e. The first kappa shape index (κ1) is 15.5. The molecule has 0 saturated heterocycles. The number of ether oxygens (including phenoxy) is 1. The molecule has 2 N–H and O–H groups in total. The van der Waals surface area contributed by atoms with Crippen molar-refractivity contribution in [1.29, 1.82) is 0 Å². The highest BCUT2D eigenvalue weighted by Crippen LogP contribution is 2.15. The number of hydrogen-bond acceptors (Lipinski definition) is 7. The number of carbonyl (C=O) groups is 1. The summed E-state index contributed by atoms with van der Waals surface area (Å²) >= 11 is 1.50. The Morgan fingerprint density at radius 2 is 2.30 bits per heavy atom. The highest BCUT2D eigenvalue weighted by Gasteiger charge is 2.11. The average molecular weight is 332 g/mol. The monoisotopic (exact) mass is 332 g/mol. The van der Waals surface area contributed by atoms with Gasteiger partial charge in [0.2, 0.25) is 0 Å². The number of rotatable bonds is 3. The summed E-state index contributed by atoms with van der Waals surface area (Å²) in [4.78, 5) is 35.3. The van der Waals surface area contributed by atoms with Gasteiger partial charge in [-0.2, -0.15) is 0 Å². The van der Waals surface area contributed by atoms with Gasteiger partial charge in [0, 0.05) is 13.1 Å². The van der Waals surface area contributed by atoms with E-state index in [1.54, 1.807) is 18.2 Å². The number of nitrogens with zero attached hydrogens (tertiary/aromatic N) is 2. The predicted octanol–water partition coefficient (Wildman–Crippen LogP) is 1.29. The molecule has 1 aliphatic rings. The molecule has 2 aromatic rings. The van der Waals surface area contributed by atoms with Crippen LogP contribution in [0.15, 0.2) is 28.0 Å². The Labute approximate surface area is 136 Å². The summed E-state index contributed by atoms with van der Waals surface area (Å²) in [5.41, 5.74) is 0.626. The van der Waals surface area contributed by atoms with Crippen LogP contribution in [0.1, 0.15) is 22.6 Å². The van der Waals surface area contributed by atoms with Crippen LogP contribution in [-0.2, 0) is 10.5 Å². The molecule has 120 valence electrons. The summed E-state index contributed by atoms with van der Waals surface area (Å²) in [5.74, 6) is 0.592. The fourth-order valence-electron chi connectivity index (χ4n) is 2.25. The molecule has 0 amide bonds. The van der Waals surface area contributed by atoms with Crippen LogP contribution in [0, 0.1) is 0 Å². The molecule has 1 aromatic carbocycles. The fourth-order valence-corrected chi connectivity index (χ4v) is 3.04.